The topological polar surface area (TPSA) is 110 Å². The molecule has 0 aromatic carbocycles. The molecular weight excluding hydrogens is 306 g/mol. The van der Waals surface area contributed by atoms with Gasteiger partial charge in [0.2, 0.25) is 4.60 Å². The quantitative estimate of drug-likeness (QED) is 0.449. The standard InChI is InChI=1S/C6H8BrN3O5S/c1-4-5(10(11)12)6(7)8-9(4)2-3-15-16(13)14/h2-3H2,1H3,(H,13,14)/p-1. The zero-order valence-electron chi connectivity index (χ0n) is 8.08. The Morgan fingerprint density at radius 2 is 2.31 bits per heavy atom. The van der Waals surface area contributed by atoms with Crippen LogP contribution in [0, 0.1) is 17.0 Å². The molecule has 0 radical (unpaired) electrons. The van der Waals surface area contributed by atoms with Gasteiger partial charge in [-0.15, -0.1) is 0 Å². The highest BCUT2D eigenvalue weighted by molar-refractivity contribution is 9.10. The summed E-state index contributed by atoms with van der Waals surface area (Å²) in [6, 6.07) is 0. The van der Waals surface area contributed by atoms with Gasteiger partial charge in [-0.05, 0) is 22.9 Å². The number of halogens is 1. The predicted molar refractivity (Wildman–Crippen MR) is 56.2 cm³/mol. The fraction of sp³-hybridized carbons (Fsp3) is 0.500. The molecule has 8 nitrogen and oxygen atoms in total. The van der Waals surface area contributed by atoms with Gasteiger partial charge in [0.15, 0.2) is 0 Å². The Balaban J connectivity index is 2.79. The Bertz CT molecular complexity index is 434. The molecule has 1 aromatic rings. The van der Waals surface area contributed by atoms with Crippen LogP contribution in [0.1, 0.15) is 5.69 Å². The van der Waals surface area contributed by atoms with E-state index in [4.69, 9.17) is 0 Å². The maximum absolute atomic E-state index is 10.6. The van der Waals surface area contributed by atoms with Gasteiger partial charge >= 0.3 is 5.69 Å². The molecule has 10 heteroatoms. The van der Waals surface area contributed by atoms with Crippen LogP contribution in [-0.4, -0.2) is 30.1 Å². The average molecular weight is 313 g/mol. The molecule has 90 valence electrons. The Morgan fingerprint density at radius 1 is 1.69 bits per heavy atom. The molecule has 0 aliphatic heterocycles. The van der Waals surface area contributed by atoms with E-state index < -0.39 is 16.3 Å². The lowest BCUT2D eigenvalue weighted by Gasteiger charge is -2.06. The largest absolute Gasteiger partial charge is 0.750 e. The first kappa shape index (κ1) is 13.2. The van der Waals surface area contributed by atoms with Crippen LogP contribution < -0.4 is 0 Å². The summed E-state index contributed by atoms with van der Waals surface area (Å²) in [4.78, 5) is 10.1. The van der Waals surface area contributed by atoms with Crippen molar-refractivity contribution in [2.45, 2.75) is 13.5 Å². The minimum Gasteiger partial charge on any atom is -0.750 e. The van der Waals surface area contributed by atoms with E-state index in [1.807, 2.05) is 0 Å². The van der Waals surface area contributed by atoms with Gasteiger partial charge in [0.05, 0.1) is 29.4 Å². The molecule has 1 unspecified atom stereocenters. The van der Waals surface area contributed by atoms with E-state index in [0.717, 1.165) is 0 Å². The maximum atomic E-state index is 10.6. The summed E-state index contributed by atoms with van der Waals surface area (Å²) in [6.07, 6.45) is 0. The molecule has 1 heterocycles. The van der Waals surface area contributed by atoms with Crippen molar-refractivity contribution < 1.29 is 17.9 Å². The van der Waals surface area contributed by atoms with Crippen molar-refractivity contribution in [1.82, 2.24) is 9.78 Å². The molecule has 0 N–H and O–H groups in total. The highest BCUT2D eigenvalue weighted by atomic mass is 79.9. The summed E-state index contributed by atoms with van der Waals surface area (Å²) in [5.41, 5.74) is 0.195. The fourth-order valence-electron chi connectivity index (χ4n) is 1.12. The summed E-state index contributed by atoms with van der Waals surface area (Å²) in [6.45, 7) is 1.51. The highest BCUT2D eigenvalue weighted by Crippen LogP contribution is 2.27. The Labute approximate surface area is 101 Å². The van der Waals surface area contributed by atoms with E-state index in [9.17, 15) is 18.9 Å². The Kier molecular flexibility index (Phi) is 4.53. The second-order valence-corrected chi connectivity index (χ2v) is 4.13. The molecule has 0 saturated heterocycles. The zero-order chi connectivity index (χ0) is 12.3. The lowest BCUT2D eigenvalue weighted by Crippen LogP contribution is -2.10. The first-order valence-electron chi connectivity index (χ1n) is 4.03. The first-order chi connectivity index (χ1) is 7.43. The minimum absolute atomic E-state index is 0.109. The molecule has 16 heavy (non-hydrogen) atoms. The summed E-state index contributed by atoms with van der Waals surface area (Å²) in [5.74, 6) is 0. The number of nitro groups is 1. The van der Waals surface area contributed by atoms with Gasteiger partial charge in [-0.1, -0.05) is 0 Å². The second kappa shape index (κ2) is 5.48. The SMILES string of the molecule is Cc1c([N+](=O)[O-])c(Br)nn1CCOS(=O)[O-]. The van der Waals surface area contributed by atoms with Crippen LogP contribution in [0.15, 0.2) is 4.60 Å². The van der Waals surface area contributed by atoms with Gasteiger partial charge in [0, 0.05) is 0 Å². The maximum Gasteiger partial charge on any atom is 0.324 e. The molecule has 1 aromatic heterocycles. The lowest BCUT2D eigenvalue weighted by molar-refractivity contribution is -0.386. The lowest BCUT2D eigenvalue weighted by atomic mass is 10.4. The summed E-state index contributed by atoms with van der Waals surface area (Å²) < 4.78 is 25.9. The molecule has 0 fully saturated rings. The monoisotopic (exact) mass is 312 g/mol. The molecule has 0 bridgehead atoms. The molecule has 0 aliphatic rings. The minimum atomic E-state index is -2.59. The third-order valence-electron chi connectivity index (χ3n) is 1.80. The first-order valence-corrected chi connectivity index (χ1v) is 5.82. The number of hydrogen-bond acceptors (Lipinski definition) is 6. The van der Waals surface area contributed by atoms with Gasteiger partial charge in [-0.3, -0.25) is 19.0 Å². The number of aromatic nitrogens is 2. The van der Waals surface area contributed by atoms with Crippen molar-refractivity contribution in [2.75, 3.05) is 6.61 Å². The van der Waals surface area contributed by atoms with Gasteiger partial charge in [-0.2, -0.15) is 5.10 Å². The molecule has 1 rings (SSSR count). The Morgan fingerprint density at radius 3 is 2.75 bits per heavy atom. The van der Waals surface area contributed by atoms with Crippen molar-refractivity contribution >= 4 is 33.0 Å². The van der Waals surface area contributed by atoms with Crippen LogP contribution in [-0.2, 0) is 22.1 Å². The van der Waals surface area contributed by atoms with Crippen molar-refractivity contribution in [2.24, 2.45) is 0 Å². The van der Waals surface area contributed by atoms with E-state index in [1.165, 1.54) is 11.6 Å². The van der Waals surface area contributed by atoms with Gasteiger partial charge < -0.3 is 4.55 Å². The Hall–Kier alpha value is -0.840. The van der Waals surface area contributed by atoms with Crippen LogP contribution in [0.3, 0.4) is 0 Å². The number of nitrogens with zero attached hydrogens (tertiary/aromatic N) is 3. The van der Waals surface area contributed by atoms with Crippen LogP contribution in [0.5, 0.6) is 0 Å². The van der Waals surface area contributed by atoms with E-state index in [0.29, 0.717) is 5.69 Å². The molecular formula is C6H7BrN3O5S-. The third kappa shape index (κ3) is 3.07. The van der Waals surface area contributed by atoms with Gasteiger partial charge in [0.1, 0.15) is 5.69 Å². The van der Waals surface area contributed by atoms with Crippen LogP contribution in [0.2, 0.25) is 0 Å². The van der Waals surface area contributed by atoms with Crippen molar-refractivity contribution in [3.8, 4) is 0 Å². The normalized spacial score (nSPS) is 12.7. The second-order valence-electron chi connectivity index (χ2n) is 2.73. The van der Waals surface area contributed by atoms with E-state index in [1.54, 1.807) is 0 Å². The van der Waals surface area contributed by atoms with E-state index in [2.05, 4.69) is 25.2 Å². The van der Waals surface area contributed by atoms with Crippen LogP contribution in [0.25, 0.3) is 0 Å². The summed E-state index contributed by atoms with van der Waals surface area (Å²) >= 11 is 0.363. The third-order valence-corrected chi connectivity index (χ3v) is 2.69. The van der Waals surface area contributed by atoms with Crippen molar-refractivity contribution in [3.63, 3.8) is 0 Å². The van der Waals surface area contributed by atoms with E-state index >= 15 is 0 Å². The molecule has 1 atom stereocenters. The molecule has 0 saturated carbocycles. The number of rotatable bonds is 5. The van der Waals surface area contributed by atoms with Crippen LogP contribution >= 0.6 is 15.9 Å². The van der Waals surface area contributed by atoms with Crippen molar-refractivity contribution in [1.29, 1.82) is 0 Å². The van der Waals surface area contributed by atoms with Crippen molar-refractivity contribution in [3.05, 3.63) is 20.4 Å². The summed E-state index contributed by atoms with van der Waals surface area (Å²) in [5, 5.41) is 14.5. The summed E-state index contributed by atoms with van der Waals surface area (Å²) in [7, 11) is 0. The molecule has 0 aliphatic carbocycles. The molecule has 0 spiro atoms. The van der Waals surface area contributed by atoms with Crippen LogP contribution in [0.4, 0.5) is 5.69 Å². The number of hydrogen-bond donors (Lipinski definition) is 0. The average Bonchev–Trinajstić information content (AvgIpc) is 2.41. The van der Waals surface area contributed by atoms with Gasteiger partial charge in [-0.25, -0.2) is 4.21 Å². The predicted octanol–water partition coefficient (Wildman–Crippen LogP) is 0.673. The smallest absolute Gasteiger partial charge is 0.324 e. The van der Waals surface area contributed by atoms with E-state index in [-0.39, 0.29) is 23.4 Å². The fourth-order valence-corrected chi connectivity index (χ4v) is 1.95. The highest BCUT2D eigenvalue weighted by Gasteiger charge is 2.22. The zero-order valence-corrected chi connectivity index (χ0v) is 10.5. The molecule has 0 amide bonds. The van der Waals surface area contributed by atoms with Gasteiger partial charge in [0.25, 0.3) is 0 Å².